The summed E-state index contributed by atoms with van der Waals surface area (Å²) in [5.41, 5.74) is 0.229. The van der Waals surface area contributed by atoms with Crippen LogP contribution < -0.4 is 11.2 Å². The van der Waals surface area contributed by atoms with Gasteiger partial charge in [-0.2, -0.15) is 0 Å². The van der Waals surface area contributed by atoms with E-state index in [1.165, 1.54) is 24.6 Å². The summed E-state index contributed by atoms with van der Waals surface area (Å²) < 4.78 is 12.4. The zero-order chi connectivity index (χ0) is 17.2. The van der Waals surface area contributed by atoms with Crippen LogP contribution in [0.4, 0.5) is 0 Å². The first-order chi connectivity index (χ1) is 10.7. The lowest BCUT2D eigenvalue weighted by Crippen LogP contribution is -2.33. The van der Waals surface area contributed by atoms with Gasteiger partial charge in [0.2, 0.25) is 0 Å². The zero-order valence-electron chi connectivity index (χ0n) is 13.5. The molecule has 23 heavy (non-hydrogen) atoms. The van der Waals surface area contributed by atoms with Crippen LogP contribution in [0.1, 0.15) is 38.5 Å². The number of hydrogen-bond donors (Lipinski definition) is 3. The van der Waals surface area contributed by atoms with Crippen LogP contribution in [0.2, 0.25) is 0 Å². The molecule has 1 atom stereocenters. The standard InChI is InChI=1S/C15H22N2O6/c1-9-7-17(14(20)16-13(9)19)12-6-10(4-5-18)11(23-12)8-22-15(2,3)21/h7,12,18,21H,4-6,8H2,1-3H3,(H,16,19,20). The van der Waals surface area contributed by atoms with Crippen LogP contribution in [0.3, 0.4) is 0 Å². The number of aromatic amines is 1. The van der Waals surface area contributed by atoms with Gasteiger partial charge in [-0.25, -0.2) is 4.79 Å². The molecule has 0 aromatic carbocycles. The first-order valence-corrected chi connectivity index (χ1v) is 7.38. The van der Waals surface area contributed by atoms with Crippen molar-refractivity contribution in [2.45, 2.75) is 45.6 Å². The van der Waals surface area contributed by atoms with E-state index in [1.807, 2.05) is 0 Å². The maximum Gasteiger partial charge on any atom is 0.331 e. The number of aromatic nitrogens is 2. The van der Waals surface area contributed by atoms with Gasteiger partial charge in [-0.3, -0.25) is 14.3 Å². The van der Waals surface area contributed by atoms with Crippen molar-refractivity contribution in [3.63, 3.8) is 0 Å². The van der Waals surface area contributed by atoms with Gasteiger partial charge in [-0.1, -0.05) is 0 Å². The van der Waals surface area contributed by atoms with Crippen molar-refractivity contribution >= 4 is 0 Å². The molecule has 0 radical (unpaired) electrons. The molecule has 8 nitrogen and oxygen atoms in total. The molecular formula is C15H22N2O6. The van der Waals surface area contributed by atoms with Crippen LogP contribution in [0.25, 0.3) is 0 Å². The second-order valence-electron chi connectivity index (χ2n) is 5.99. The van der Waals surface area contributed by atoms with Crippen LogP contribution in [-0.2, 0) is 9.47 Å². The molecular weight excluding hydrogens is 304 g/mol. The number of hydrogen-bond acceptors (Lipinski definition) is 6. The van der Waals surface area contributed by atoms with E-state index in [-0.39, 0.29) is 13.2 Å². The minimum absolute atomic E-state index is 0.0341. The van der Waals surface area contributed by atoms with Crippen LogP contribution in [0, 0.1) is 6.92 Å². The molecule has 3 N–H and O–H groups in total. The van der Waals surface area contributed by atoms with Gasteiger partial charge in [0, 0.05) is 24.8 Å². The van der Waals surface area contributed by atoms with E-state index < -0.39 is 23.3 Å². The monoisotopic (exact) mass is 326 g/mol. The van der Waals surface area contributed by atoms with Crippen LogP contribution >= 0.6 is 0 Å². The van der Waals surface area contributed by atoms with Crippen molar-refractivity contribution in [2.24, 2.45) is 0 Å². The number of aryl methyl sites for hydroxylation is 1. The summed E-state index contributed by atoms with van der Waals surface area (Å²) in [5.74, 6) is -0.827. The van der Waals surface area contributed by atoms with Crippen LogP contribution in [0.5, 0.6) is 0 Å². The highest BCUT2D eigenvalue weighted by molar-refractivity contribution is 5.16. The molecule has 128 valence electrons. The molecule has 2 heterocycles. The van der Waals surface area contributed by atoms with E-state index in [1.54, 1.807) is 6.92 Å². The summed E-state index contributed by atoms with van der Waals surface area (Å²) in [6, 6.07) is 0. The van der Waals surface area contributed by atoms with Gasteiger partial charge >= 0.3 is 5.69 Å². The topological polar surface area (TPSA) is 114 Å². The van der Waals surface area contributed by atoms with Crippen LogP contribution in [-0.4, -0.2) is 38.8 Å². The fourth-order valence-corrected chi connectivity index (χ4v) is 2.32. The number of rotatable bonds is 6. The molecule has 1 unspecified atom stereocenters. The molecule has 0 bridgehead atoms. The quantitative estimate of drug-likeness (QED) is 0.641. The molecule has 0 saturated carbocycles. The van der Waals surface area contributed by atoms with E-state index in [2.05, 4.69) is 4.98 Å². The maximum absolute atomic E-state index is 12.0. The Morgan fingerprint density at radius 3 is 2.78 bits per heavy atom. The molecule has 0 aliphatic carbocycles. The lowest BCUT2D eigenvalue weighted by atomic mass is 10.1. The summed E-state index contributed by atoms with van der Waals surface area (Å²) in [6.45, 7) is 4.58. The van der Waals surface area contributed by atoms with Crippen LogP contribution in [0.15, 0.2) is 27.1 Å². The van der Waals surface area contributed by atoms with E-state index in [4.69, 9.17) is 14.6 Å². The first kappa shape index (κ1) is 17.5. The highest BCUT2D eigenvalue weighted by atomic mass is 16.6. The molecule has 1 aromatic heterocycles. The van der Waals surface area contributed by atoms with Gasteiger partial charge in [-0.15, -0.1) is 0 Å². The Morgan fingerprint density at radius 2 is 2.17 bits per heavy atom. The Morgan fingerprint density at radius 1 is 1.48 bits per heavy atom. The predicted octanol–water partition coefficient (Wildman–Crippen LogP) is 0.145. The fraction of sp³-hybridized carbons (Fsp3) is 0.600. The van der Waals surface area contributed by atoms with Gasteiger partial charge in [0.05, 0.1) is 0 Å². The van der Waals surface area contributed by atoms with E-state index >= 15 is 0 Å². The van der Waals surface area contributed by atoms with Crippen molar-refractivity contribution in [3.05, 3.63) is 43.9 Å². The van der Waals surface area contributed by atoms with Gasteiger partial charge in [0.15, 0.2) is 12.0 Å². The van der Waals surface area contributed by atoms with Gasteiger partial charge in [0.1, 0.15) is 12.4 Å². The summed E-state index contributed by atoms with van der Waals surface area (Å²) in [4.78, 5) is 25.6. The molecule has 0 amide bonds. The first-order valence-electron chi connectivity index (χ1n) is 7.38. The summed E-state index contributed by atoms with van der Waals surface area (Å²) in [5, 5.41) is 18.8. The molecule has 1 aliphatic heterocycles. The Labute approximate surface area is 133 Å². The third-order valence-corrected chi connectivity index (χ3v) is 3.52. The van der Waals surface area contributed by atoms with E-state index in [9.17, 15) is 14.7 Å². The van der Waals surface area contributed by atoms with E-state index in [0.29, 0.717) is 24.2 Å². The average Bonchev–Trinajstić information content (AvgIpc) is 2.83. The van der Waals surface area contributed by atoms with Crippen molar-refractivity contribution in [1.82, 2.24) is 9.55 Å². The zero-order valence-corrected chi connectivity index (χ0v) is 13.5. The molecule has 0 saturated heterocycles. The highest BCUT2D eigenvalue weighted by Gasteiger charge is 2.29. The highest BCUT2D eigenvalue weighted by Crippen LogP contribution is 2.33. The number of ether oxygens (including phenoxy) is 2. The summed E-state index contributed by atoms with van der Waals surface area (Å²) in [7, 11) is 0. The number of nitrogens with zero attached hydrogens (tertiary/aromatic N) is 1. The third-order valence-electron chi connectivity index (χ3n) is 3.52. The number of nitrogens with one attached hydrogen (secondary N) is 1. The maximum atomic E-state index is 12.0. The van der Waals surface area contributed by atoms with Crippen molar-refractivity contribution in [2.75, 3.05) is 13.2 Å². The smallest absolute Gasteiger partial charge is 0.331 e. The van der Waals surface area contributed by atoms with Crippen molar-refractivity contribution in [3.8, 4) is 0 Å². The normalized spacial score (nSPS) is 18.4. The Kier molecular flexibility index (Phi) is 5.08. The van der Waals surface area contributed by atoms with Gasteiger partial charge in [0.25, 0.3) is 5.56 Å². The molecule has 1 aliphatic rings. The molecule has 8 heteroatoms. The van der Waals surface area contributed by atoms with E-state index in [0.717, 1.165) is 5.57 Å². The summed E-state index contributed by atoms with van der Waals surface area (Å²) in [6.07, 6.45) is 1.62. The number of aliphatic hydroxyl groups is 2. The van der Waals surface area contributed by atoms with Gasteiger partial charge < -0.3 is 19.7 Å². The Balaban J connectivity index is 2.22. The second kappa shape index (κ2) is 6.69. The summed E-state index contributed by atoms with van der Waals surface area (Å²) >= 11 is 0. The largest absolute Gasteiger partial charge is 0.472 e. The molecule has 1 aromatic rings. The van der Waals surface area contributed by atoms with Gasteiger partial charge in [-0.05, 0) is 32.8 Å². The fourth-order valence-electron chi connectivity index (χ4n) is 2.32. The number of H-pyrrole nitrogens is 1. The Hall–Kier alpha value is -1.90. The average molecular weight is 326 g/mol. The minimum atomic E-state index is -1.32. The van der Waals surface area contributed by atoms with Crippen molar-refractivity contribution in [1.29, 1.82) is 0 Å². The number of aliphatic hydroxyl groups excluding tert-OH is 1. The second-order valence-corrected chi connectivity index (χ2v) is 5.99. The van der Waals surface area contributed by atoms with Crippen molar-refractivity contribution < 1.29 is 19.7 Å². The lowest BCUT2D eigenvalue weighted by molar-refractivity contribution is -0.176. The third kappa shape index (κ3) is 4.31. The predicted molar refractivity (Wildman–Crippen MR) is 81.8 cm³/mol. The minimum Gasteiger partial charge on any atom is -0.472 e. The molecule has 0 spiro atoms. The molecule has 0 fully saturated rings. The molecule has 2 rings (SSSR count). The SMILES string of the molecule is Cc1cn(C2CC(CCO)=C(COC(C)(C)O)O2)c(=O)[nH]c1=O. The Bertz CT molecular complexity index is 710. The lowest BCUT2D eigenvalue weighted by Gasteiger charge is -2.20.